The summed E-state index contributed by atoms with van der Waals surface area (Å²) >= 11 is 0. The Kier molecular flexibility index (Phi) is 4.68. The molecule has 0 atom stereocenters. The minimum Gasteiger partial charge on any atom is -0.489 e. The van der Waals surface area contributed by atoms with Crippen molar-refractivity contribution < 1.29 is 19.7 Å². The first kappa shape index (κ1) is 14.0. The molecule has 2 aromatic rings. The number of nitrogens with zero attached hydrogens (tertiary/aromatic N) is 1. The zero-order valence-corrected chi connectivity index (χ0v) is 10.8. The number of aliphatic hydroxyl groups excluding tert-OH is 1. The summed E-state index contributed by atoms with van der Waals surface area (Å²) < 4.78 is 5.68. The SMILES string of the molecule is O=C(O)c1cc(COc2ccccc2CCO)ccn1. The van der Waals surface area contributed by atoms with Crippen LogP contribution in [0.2, 0.25) is 0 Å². The summed E-state index contributed by atoms with van der Waals surface area (Å²) in [6.07, 6.45) is 1.97. The number of aromatic nitrogens is 1. The monoisotopic (exact) mass is 273 g/mol. The lowest BCUT2D eigenvalue weighted by Gasteiger charge is -2.10. The molecule has 0 aliphatic rings. The highest BCUT2D eigenvalue weighted by atomic mass is 16.5. The van der Waals surface area contributed by atoms with Gasteiger partial charge in [0.25, 0.3) is 0 Å². The van der Waals surface area contributed by atoms with Gasteiger partial charge < -0.3 is 14.9 Å². The summed E-state index contributed by atoms with van der Waals surface area (Å²) in [5, 5.41) is 17.9. The Hall–Kier alpha value is -2.40. The molecular formula is C15H15NO4. The van der Waals surface area contributed by atoms with E-state index in [1.54, 1.807) is 6.07 Å². The van der Waals surface area contributed by atoms with Gasteiger partial charge in [0.15, 0.2) is 0 Å². The fraction of sp³-hybridized carbons (Fsp3) is 0.200. The van der Waals surface area contributed by atoms with Gasteiger partial charge in [0.1, 0.15) is 18.1 Å². The highest BCUT2D eigenvalue weighted by Gasteiger charge is 2.07. The molecule has 5 nitrogen and oxygen atoms in total. The zero-order chi connectivity index (χ0) is 14.4. The lowest BCUT2D eigenvalue weighted by atomic mass is 10.1. The predicted octanol–water partition coefficient (Wildman–Crippen LogP) is 1.89. The van der Waals surface area contributed by atoms with Crippen LogP contribution in [0.25, 0.3) is 0 Å². The Labute approximate surface area is 116 Å². The van der Waals surface area contributed by atoms with Gasteiger partial charge in [-0.15, -0.1) is 0 Å². The number of aliphatic hydroxyl groups is 1. The Morgan fingerprint density at radius 1 is 1.25 bits per heavy atom. The van der Waals surface area contributed by atoms with Gasteiger partial charge in [-0.25, -0.2) is 9.78 Å². The average Bonchev–Trinajstić information content (AvgIpc) is 2.47. The zero-order valence-electron chi connectivity index (χ0n) is 10.8. The Balaban J connectivity index is 2.09. The van der Waals surface area contributed by atoms with Crippen LogP contribution >= 0.6 is 0 Å². The first-order valence-corrected chi connectivity index (χ1v) is 6.20. The molecule has 5 heteroatoms. The molecule has 1 heterocycles. The van der Waals surface area contributed by atoms with Gasteiger partial charge in [-0.1, -0.05) is 18.2 Å². The number of hydrogen-bond acceptors (Lipinski definition) is 4. The van der Waals surface area contributed by atoms with Crippen molar-refractivity contribution in [1.82, 2.24) is 4.98 Å². The number of carboxylic acid groups (broad SMARTS) is 1. The van der Waals surface area contributed by atoms with Gasteiger partial charge in [-0.3, -0.25) is 0 Å². The number of carbonyl (C=O) groups is 1. The number of aromatic carboxylic acids is 1. The molecule has 0 unspecified atom stereocenters. The van der Waals surface area contributed by atoms with E-state index in [-0.39, 0.29) is 18.9 Å². The number of benzene rings is 1. The van der Waals surface area contributed by atoms with Crippen LogP contribution in [0, 0.1) is 0 Å². The normalized spacial score (nSPS) is 10.2. The number of carboxylic acids is 1. The van der Waals surface area contributed by atoms with Crippen molar-refractivity contribution in [2.24, 2.45) is 0 Å². The third kappa shape index (κ3) is 3.55. The molecule has 0 saturated carbocycles. The van der Waals surface area contributed by atoms with Gasteiger partial charge in [-0.2, -0.15) is 0 Å². The molecule has 0 amide bonds. The standard InChI is InChI=1S/C15H15NO4/c17-8-6-12-3-1-2-4-14(12)20-10-11-5-7-16-13(9-11)15(18)19/h1-5,7,9,17H,6,8,10H2,(H,18,19). The minimum atomic E-state index is -1.06. The lowest BCUT2D eigenvalue weighted by Crippen LogP contribution is -2.04. The summed E-state index contributed by atoms with van der Waals surface area (Å²) in [6.45, 7) is 0.310. The molecule has 2 rings (SSSR count). The Bertz CT molecular complexity index is 598. The summed E-state index contributed by atoms with van der Waals surface area (Å²) in [5.41, 5.74) is 1.65. The van der Waals surface area contributed by atoms with E-state index >= 15 is 0 Å². The maximum Gasteiger partial charge on any atom is 0.354 e. The van der Waals surface area contributed by atoms with E-state index in [9.17, 15) is 4.79 Å². The van der Waals surface area contributed by atoms with Gasteiger partial charge >= 0.3 is 5.97 Å². The third-order valence-electron chi connectivity index (χ3n) is 2.79. The molecule has 0 radical (unpaired) electrons. The molecule has 0 spiro atoms. The van der Waals surface area contributed by atoms with Crippen LogP contribution < -0.4 is 4.74 Å². The van der Waals surface area contributed by atoms with E-state index in [1.807, 2.05) is 24.3 Å². The Morgan fingerprint density at radius 2 is 2.05 bits per heavy atom. The fourth-order valence-corrected chi connectivity index (χ4v) is 1.81. The van der Waals surface area contributed by atoms with Crippen LogP contribution in [0.15, 0.2) is 42.6 Å². The molecule has 0 aliphatic carbocycles. The summed E-state index contributed by atoms with van der Waals surface area (Å²) in [4.78, 5) is 14.6. The highest BCUT2D eigenvalue weighted by Crippen LogP contribution is 2.19. The number of para-hydroxylation sites is 1. The second kappa shape index (κ2) is 6.68. The lowest BCUT2D eigenvalue weighted by molar-refractivity contribution is 0.0690. The van der Waals surface area contributed by atoms with E-state index < -0.39 is 5.97 Å². The Morgan fingerprint density at radius 3 is 2.80 bits per heavy atom. The first-order valence-electron chi connectivity index (χ1n) is 6.20. The van der Waals surface area contributed by atoms with Crippen molar-refractivity contribution in [1.29, 1.82) is 0 Å². The largest absolute Gasteiger partial charge is 0.489 e. The van der Waals surface area contributed by atoms with Gasteiger partial charge in [0, 0.05) is 12.8 Å². The molecule has 1 aromatic heterocycles. The maximum absolute atomic E-state index is 10.8. The van der Waals surface area contributed by atoms with Crippen LogP contribution in [0.1, 0.15) is 21.6 Å². The number of rotatable bonds is 6. The fourth-order valence-electron chi connectivity index (χ4n) is 1.81. The van der Waals surface area contributed by atoms with Crippen molar-refractivity contribution in [2.45, 2.75) is 13.0 Å². The van der Waals surface area contributed by atoms with E-state index in [4.69, 9.17) is 14.9 Å². The number of ether oxygens (including phenoxy) is 1. The molecule has 104 valence electrons. The quantitative estimate of drug-likeness (QED) is 0.840. The van der Waals surface area contributed by atoms with Gasteiger partial charge in [-0.05, 0) is 35.7 Å². The second-order valence-electron chi connectivity index (χ2n) is 4.22. The van der Waals surface area contributed by atoms with Crippen LogP contribution in [-0.2, 0) is 13.0 Å². The second-order valence-corrected chi connectivity index (χ2v) is 4.22. The molecule has 0 saturated heterocycles. The number of hydrogen-bond donors (Lipinski definition) is 2. The van der Waals surface area contributed by atoms with Crippen molar-refractivity contribution in [3.05, 3.63) is 59.4 Å². The van der Waals surface area contributed by atoms with Crippen molar-refractivity contribution >= 4 is 5.97 Å². The molecule has 0 bridgehead atoms. The van der Waals surface area contributed by atoms with Gasteiger partial charge in [0.2, 0.25) is 0 Å². The van der Waals surface area contributed by atoms with Crippen molar-refractivity contribution in [3.8, 4) is 5.75 Å². The summed E-state index contributed by atoms with van der Waals surface area (Å²) in [6, 6.07) is 10.6. The van der Waals surface area contributed by atoms with E-state index in [1.165, 1.54) is 12.3 Å². The van der Waals surface area contributed by atoms with Crippen LogP contribution in [0.3, 0.4) is 0 Å². The first-order chi connectivity index (χ1) is 9.70. The third-order valence-corrected chi connectivity index (χ3v) is 2.79. The van der Waals surface area contributed by atoms with Crippen LogP contribution in [-0.4, -0.2) is 27.8 Å². The molecule has 20 heavy (non-hydrogen) atoms. The van der Waals surface area contributed by atoms with E-state index in [0.29, 0.717) is 12.2 Å². The number of pyridine rings is 1. The molecular weight excluding hydrogens is 258 g/mol. The van der Waals surface area contributed by atoms with E-state index in [0.717, 1.165) is 11.1 Å². The topological polar surface area (TPSA) is 79.7 Å². The van der Waals surface area contributed by atoms with Crippen LogP contribution in [0.4, 0.5) is 0 Å². The summed E-state index contributed by atoms with van der Waals surface area (Å²) in [5.74, 6) is -0.372. The average molecular weight is 273 g/mol. The minimum absolute atomic E-state index is 0.00487. The van der Waals surface area contributed by atoms with E-state index in [2.05, 4.69) is 4.98 Å². The maximum atomic E-state index is 10.8. The molecule has 2 N–H and O–H groups in total. The predicted molar refractivity (Wildman–Crippen MR) is 72.8 cm³/mol. The van der Waals surface area contributed by atoms with Crippen molar-refractivity contribution in [3.63, 3.8) is 0 Å². The molecule has 1 aromatic carbocycles. The molecule has 0 aliphatic heterocycles. The van der Waals surface area contributed by atoms with Gasteiger partial charge in [0.05, 0.1) is 0 Å². The smallest absolute Gasteiger partial charge is 0.354 e. The summed E-state index contributed by atoms with van der Waals surface area (Å²) in [7, 11) is 0. The highest BCUT2D eigenvalue weighted by molar-refractivity contribution is 5.85. The van der Waals surface area contributed by atoms with Crippen molar-refractivity contribution in [2.75, 3.05) is 6.61 Å². The van der Waals surface area contributed by atoms with Crippen LogP contribution in [0.5, 0.6) is 5.75 Å². The molecule has 0 fully saturated rings.